The van der Waals surface area contributed by atoms with E-state index in [1.54, 1.807) is 11.8 Å². The first-order valence-electron chi connectivity index (χ1n) is 9.20. The van der Waals surface area contributed by atoms with Crippen molar-refractivity contribution in [2.75, 3.05) is 44.7 Å². The van der Waals surface area contributed by atoms with Crippen molar-refractivity contribution in [3.63, 3.8) is 0 Å². The smallest absolute Gasteiger partial charge is 0.353 e. The molecule has 0 saturated carbocycles. The number of carboxylic acids is 2. The molecule has 2 aromatic rings. The number of aromatic carboxylic acids is 2. The second-order valence-electron chi connectivity index (χ2n) is 7.42. The summed E-state index contributed by atoms with van der Waals surface area (Å²) in [5.41, 5.74) is -2.25. The number of ether oxygens (including phenoxy) is 1. The van der Waals surface area contributed by atoms with Crippen LogP contribution in [0, 0.1) is 5.82 Å². The fraction of sp³-hybridized carbons (Fsp3) is 0.421. The van der Waals surface area contributed by atoms with Crippen molar-refractivity contribution in [1.82, 2.24) is 9.47 Å². The van der Waals surface area contributed by atoms with Crippen LogP contribution in [0.2, 0.25) is 0 Å². The van der Waals surface area contributed by atoms with Crippen molar-refractivity contribution < 1.29 is 28.9 Å². The van der Waals surface area contributed by atoms with Crippen LogP contribution in [0.25, 0.3) is 10.9 Å². The SMILES string of the molecule is C[C@H]1COc2c(N3CCN(C)CC3)c(F)cc3c(=O)c(C(=O)O)c(C(=O)O)n1c23. The molecule has 2 N–H and O–H groups in total. The third kappa shape index (κ3) is 2.82. The van der Waals surface area contributed by atoms with E-state index in [1.165, 1.54) is 4.57 Å². The number of rotatable bonds is 3. The average Bonchev–Trinajstić information content (AvgIpc) is 2.66. The molecule has 0 spiro atoms. The van der Waals surface area contributed by atoms with E-state index in [9.17, 15) is 24.6 Å². The summed E-state index contributed by atoms with van der Waals surface area (Å²) >= 11 is 0. The molecule has 4 rings (SSSR count). The zero-order chi connectivity index (χ0) is 21.0. The molecular weight excluding hydrogens is 385 g/mol. The highest BCUT2D eigenvalue weighted by Gasteiger charge is 2.35. The molecule has 1 aromatic carbocycles. The second kappa shape index (κ2) is 6.73. The van der Waals surface area contributed by atoms with Gasteiger partial charge in [0.1, 0.15) is 23.6 Å². The molecule has 0 radical (unpaired) electrons. The summed E-state index contributed by atoms with van der Waals surface area (Å²) in [5.74, 6) is -3.82. The number of nitrogens with zero attached hydrogens (tertiary/aromatic N) is 3. The Hall–Kier alpha value is -3.14. The van der Waals surface area contributed by atoms with Gasteiger partial charge in [0.15, 0.2) is 11.6 Å². The van der Waals surface area contributed by atoms with Crippen LogP contribution in [0.1, 0.15) is 33.8 Å². The average molecular weight is 405 g/mol. The van der Waals surface area contributed by atoms with E-state index in [-0.39, 0.29) is 28.9 Å². The molecule has 0 aliphatic carbocycles. The maximum absolute atomic E-state index is 15.1. The molecule has 0 amide bonds. The third-order valence-corrected chi connectivity index (χ3v) is 5.52. The van der Waals surface area contributed by atoms with E-state index in [0.717, 1.165) is 6.07 Å². The Morgan fingerprint density at radius 3 is 2.41 bits per heavy atom. The molecule has 0 unspecified atom stereocenters. The molecule has 154 valence electrons. The van der Waals surface area contributed by atoms with Crippen molar-refractivity contribution in [2.24, 2.45) is 0 Å². The van der Waals surface area contributed by atoms with Gasteiger partial charge in [-0.2, -0.15) is 0 Å². The highest BCUT2D eigenvalue weighted by molar-refractivity contribution is 6.05. The number of hydrogen-bond donors (Lipinski definition) is 2. The Labute approximate surface area is 164 Å². The van der Waals surface area contributed by atoms with Gasteiger partial charge in [-0.25, -0.2) is 14.0 Å². The lowest BCUT2D eigenvalue weighted by Crippen LogP contribution is -2.45. The van der Waals surface area contributed by atoms with Crippen LogP contribution in [0.4, 0.5) is 10.1 Å². The summed E-state index contributed by atoms with van der Waals surface area (Å²) in [4.78, 5) is 40.3. The fourth-order valence-corrected chi connectivity index (χ4v) is 4.08. The van der Waals surface area contributed by atoms with Gasteiger partial charge in [-0.1, -0.05) is 0 Å². The van der Waals surface area contributed by atoms with Crippen molar-refractivity contribution in [2.45, 2.75) is 13.0 Å². The summed E-state index contributed by atoms with van der Waals surface area (Å²) in [6, 6.07) is 0.436. The predicted molar refractivity (Wildman–Crippen MR) is 102 cm³/mol. The number of hydrogen-bond acceptors (Lipinski definition) is 6. The van der Waals surface area contributed by atoms with E-state index in [1.807, 2.05) is 7.05 Å². The lowest BCUT2D eigenvalue weighted by Gasteiger charge is -2.37. The number of benzene rings is 1. The van der Waals surface area contributed by atoms with Gasteiger partial charge in [0.05, 0.1) is 16.9 Å². The highest BCUT2D eigenvalue weighted by atomic mass is 19.1. The van der Waals surface area contributed by atoms with Crippen molar-refractivity contribution >= 4 is 28.5 Å². The Morgan fingerprint density at radius 1 is 1.17 bits per heavy atom. The van der Waals surface area contributed by atoms with Gasteiger partial charge in [-0.3, -0.25) is 4.79 Å². The Kier molecular flexibility index (Phi) is 4.45. The highest BCUT2D eigenvalue weighted by Crippen LogP contribution is 2.42. The number of anilines is 1. The maximum atomic E-state index is 15.1. The van der Waals surface area contributed by atoms with Gasteiger partial charge in [-0.15, -0.1) is 0 Å². The molecule has 2 aliphatic rings. The zero-order valence-corrected chi connectivity index (χ0v) is 15.9. The topological polar surface area (TPSA) is 112 Å². The first-order valence-corrected chi connectivity index (χ1v) is 9.20. The molecule has 29 heavy (non-hydrogen) atoms. The fourth-order valence-electron chi connectivity index (χ4n) is 4.08. The minimum absolute atomic E-state index is 0.0223. The predicted octanol–water partition coefficient (Wildman–Crippen LogP) is 1.24. The maximum Gasteiger partial charge on any atom is 0.353 e. The van der Waals surface area contributed by atoms with Crippen molar-refractivity contribution in [3.8, 4) is 5.75 Å². The van der Waals surface area contributed by atoms with Gasteiger partial charge in [0.25, 0.3) is 0 Å². The summed E-state index contributed by atoms with van der Waals surface area (Å²) < 4.78 is 22.2. The van der Waals surface area contributed by atoms with Crippen LogP contribution in [0.3, 0.4) is 0 Å². The van der Waals surface area contributed by atoms with Crippen LogP contribution in [0.15, 0.2) is 10.9 Å². The summed E-state index contributed by atoms with van der Waals surface area (Å²) in [5, 5.41) is 19.0. The molecule has 1 saturated heterocycles. The molecule has 1 atom stereocenters. The monoisotopic (exact) mass is 405 g/mol. The number of pyridine rings is 1. The van der Waals surface area contributed by atoms with E-state index < -0.39 is 40.5 Å². The van der Waals surface area contributed by atoms with Crippen LogP contribution in [0.5, 0.6) is 5.75 Å². The van der Waals surface area contributed by atoms with E-state index in [4.69, 9.17) is 4.74 Å². The molecule has 1 fully saturated rings. The van der Waals surface area contributed by atoms with E-state index >= 15 is 4.39 Å². The number of carbonyl (C=O) groups is 2. The molecule has 10 heteroatoms. The minimum Gasteiger partial charge on any atom is -0.487 e. The van der Waals surface area contributed by atoms with E-state index in [2.05, 4.69) is 4.90 Å². The van der Waals surface area contributed by atoms with Gasteiger partial charge >= 0.3 is 11.9 Å². The van der Waals surface area contributed by atoms with Crippen molar-refractivity contribution in [3.05, 3.63) is 33.4 Å². The minimum atomic E-state index is -1.66. The molecule has 0 bridgehead atoms. The Balaban J connectivity index is 2.11. The largest absolute Gasteiger partial charge is 0.487 e. The van der Waals surface area contributed by atoms with Crippen molar-refractivity contribution in [1.29, 1.82) is 0 Å². The normalized spacial score (nSPS) is 19.3. The number of carboxylic acid groups (broad SMARTS) is 2. The molecule has 3 heterocycles. The van der Waals surface area contributed by atoms with Gasteiger partial charge in [-0.05, 0) is 20.0 Å². The second-order valence-corrected chi connectivity index (χ2v) is 7.42. The molecule has 9 nitrogen and oxygen atoms in total. The van der Waals surface area contributed by atoms with Crippen LogP contribution in [-0.4, -0.2) is 71.5 Å². The lowest BCUT2D eigenvalue weighted by molar-refractivity contribution is 0.0636. The number of aromatic nitrogens is 1. The summed E-state index contributed by atoms with van der Waals surface area (Å²) in [7, 11) is 1.96. The van der Waals surface area contributed by atoms with Gasteiger partial charge < -0.3 is 29.3 Å². The lowest BCUT2D eigenvalue weighted by atomic mass is 10.0. The van der Waals surface area contributed by atoms with Gasteiger partial charge in [0, 0.05) is 26.2 Å². The van der Waals surface area contributed by atoms with E-state index in [0.29, 0.717) is 26.2 Å². The molecule has 1 aromatic heterocycles. The Morgan fingerprint density at radius 2 is 1.83 bits per heavy atom. The first kappa shape index (κ1) is 19.2. The summed E-state index contributed by atoms with van der Waals surface area (Å²) in [6.45, 7) is 4.16. The van der Waals surface area contributed by atoms with Gasteiger partial charge in [0.2, 0.25) is 5.43 Å². The van der Waals surface area contributed by atoms with Crippen LogP contribution >= 0.6 is 0 Å². The first-order chi connectivity index (χ1) is 13.7. The summed E-state index contributed by atoms with van der Waals surface area (Å²) in [6.07, 6.45) is 0. The standard InChI is InChI=1S/C19H20FN3O6/c1-9-8-29-17-13-10(7-11(20)14(17)22-5-3-21(2)4-6-22)16(24)12(18(25)26)15(19(27)28)23(9)13/h7,9H,3-6,8H2,1-2H3,(H,25,26)(H,27,28)/t9-/m0/s1. The zero-order valence-electron chi connectivity index (χ0n) is 15.9. The third-order valence-electron chi connectivity index (χ3n) is 5.52. The molecular formula is C19H20FN3O6. The van der Waals surface area contributed by atoms with Crippen LogP contribution < -0.4 is 15.1 Å². The number of piperazine rings is 1. The molecule has 2 aliphatic heterocycles. The number of halogens is 1. The quantitative estimate of drug-likeness (QED) is 0.785. The van der Waals surface area contributed by atoms with Crippen LogP contribution in [-0.2, 0) is 0 Å². The number of likely N-dealkylation sites (N-methyl/N-ethyl adjacent to an activating group) is 1. The Bertz CT molecular complexity index is 1100.